The van der Waals surface area contributed by atoms with E-state index >= 15 is 0 Å². The Labute approximate surface area is 83.0 Å². The van der Waals surface area contributed by atoms with Gasteiger partial charge < -0.3 is 17.5 Å². The summed E-state index contributed by atoms with van der Waals surface area (Å²) >= 11 is 0. The van der Waals surface area contributed by atoms with Crippen LogP contribution in [0.2, 0.25) is 0 Å². The molecule has 0 saturated heterocycles. The first-order valence-corrected chi connectivity index (χ1v) is 3.27. The molecule has 0 radical (unpaired) electrons. The fourth-order valence-corrected chi connectivity index (χ4v) is 0.766. The molecule has 0 aliphatic heterocycles. The van der Waals surface area contributed by atoms with Crippen LogP contribution in [-0.4, -0.2) is 0 Å². The molecule has 0 aliphatic rings. The molecule has 0 aliphatic carbocycles. The van der Waals surface area contributed by atoms with Crippen LogP contribution in [0.15, 0.2) is 24.3 Å². The second kappa shape index (κ2) is 6.01. The first kappa shape index (κ1) is 10.3. The first-order valence-electron chi connectivity index (χ1n) is 2.69. The minimum atomic E-state index is 0. The van der Waals surface area contributed by atoms with Crippen LogP contribution in [0.5, 0.6) is 0 Å². The van der Waals surface area contributed by atoms with Crippen LogP contribution in [0, 0.1) is 11.9 Å². The van der Waals surface area contributed by atoms with Crippen LogP contribution in [0.1, 0.15) is 5.56 Å². The van der Waals surface area contributed by atoms with Gasteiger partial charge in [-0.15, -0.1) is 6.07 Å². The molecule has 2 heteroatoms. The Bertz CT molecular complexity index is 194. The molecule has 0 heterocycles. The summed E-state index contributed by atoms with van der Waals surface area (Å²) in [4.78, 5) is 0. The number of rotatable bonds is 1. The Balaban J connectivity index is 0.000000810. The maximum absolute atomic E-state index is 3.04. The van der Waals surface area contributed by atoms with Crippen molar-refractivity contribution >= 4 is 15.3 Å². The van der Waals surface area contributed by atoms with E-state index in [4.69, 9.17) is 0 Å². The molecular formula is C8H7PZr. The zero-order valence-corrected chi connectivity index (χ0v) is 9.08. The molecule has 0 bridgehead atoms. The molecule has 1 aromatic carbocycles. The first-order chi connectivity index (χ1) is 4.43. The quantitative estimate of drug-likeness (QED) is 0.507. The molecule has 10 heavy (non-hydrogen) atoms. The molecule has 0 amide bonds. The van der Waals surface area contributed by atoms with E-state index in [-0.39, 0.29) is 26.2 Å². The smallest absolute Gasteiger partial charge is 0.309 e. The third-order valence-corrected chi connectivity index (χ3v) is 1.14. The molecule has 48 valence electrons. The SMILES string of the molecule is P[C-]=Cc1[c-]cccc1.[Zr+2]. The molecule has 1 unspecified atom stereocenters. The van der Waals surface area contributed by atoms with Gasteiger partial charge in [0, 0.05) is 0 Å². The predicted molar refractivity (Wildman–Crippen MR) is 42.7 cm³/mol. The molecule has 0 spiro atoms. The van der Waals surface area contributed by atoms with Crippen molar-refractivity contribution in [1.29, 1.82) is 0 Å². The summed E-state index contributed by atoms with van der Waals surface area (Å²) in [6.07, 6.45) is 1.87. The van der Waals surface area contributed by atoms with Crippen molar-refractivity contribution in [2.75, 3.05) is 0 Å². The van der Waals surface area contributed by atoms with Crippen LogP contribution in [0.4, 0.5) is 0 Å². The number of hydrogen-bond donors (Lipinski definition) is 0. The van der Waals surface area contributed by atoms with E-state index in [0.717, 1.165) is 5.56 Å². The van der Waals surface area contributed by atoms with Gasteiger partial charge in [0.25, 0.3) is 0 Å². The second-order valence-corrected chi connectivity index (χ2v) is 1.96. The van der Waals surface area contributed by atoms with Gasteiger partial charge in [-0.25, -0.2) is 21.4 Å². The number of hydrogen-bond acceptors (Lipinski definition) is 0. The van der Waals surface area contributed by atoms with Gasteiger partial charge in [-0.1, -0.05) is 0 Å². The molecule has 0 N–H and O–H groups in total. The fraction of sp³-hybridized carbons (Fsp3) is 0. The van der Waals surface area contributed by atoms with Gasteiger partial charge in [-0.3, -0.25) is 0 Å². The molecule has 1 aromatic rings. The maximum Gasteiger partial charge on any atom is 2.00 e. The third kappa shape index (κ3) is 3.44. The van der Waals surface area contributed by atoms with Crippen molar-refractivity contribution in [2.24, 2.45) is 0 Å². The summed E-state index contributed by atoms with van der Waals surface area (Å²) in [6.45, 7) is 0. The topological polar surface area (TPSA) is 0 Å². The van der Waals surface area contributed by atoms with Gasteiger partial charge in [0.05, 0.1) is 0 Å². The van der Waals surface area contributed by atoms with Crippen molar-refractivity contribution in [3.63, 3.8) is 0 Å². The minimum Gasteiger partial charge on any atom is -0.309 e. The summed E-state index contributed by atoms with van der Waals surface area (Å²) in [5.74, 6) is 2.84. The minimum absolute atomic E-state index is 0. The fourth-order valence-electron chi connectivity index (χ4n) is 0.587. The van der Waals surface area contributed by atoms with E-state index in [1.54, 1.807) is 0 Å². The predicted octanol–water partition coefficient (Wildman–Crippen LogP) is 2.13. The van der Waals surface area contributed by atoms with E-state index in [2.05, 4.69) is 21.1 Å². The monoisotopic (exact) mass is 224 g/mol. The number of benzene rings is 1. The van der Waals surface area contributed by atoms with E-state index in [0.29, 0.717) is 0 Å². The zero-order chi connectivity index (χ0) is 6.53. The van der Waals surface area contributed by atoms with Crippen LogP contribution < -0.4 is 0 Å². The molecule has 1 rings (SSSR count). The van der Waals surface area contributed by atoms with Crippen molar-refractivity contribution < 1.29 is 26.2 Å². The van der Waals surface area contributed by atoms with Crippen molar-refractivity contribution in [3.05, 3.63) is 41.7 Å². The Morgan fingerprint density at radius 1 is 1.50 bits per heavy atom. The summed E-state index contributed by atoms with van der Waals surface area (Å²) in [6, 6.07) is 10.8. The average molecular weight is 225 g/mol. The third-order valence-electron chi connectivity index (χ3n) is 0.972. The van der Waals surface area contributed by atoms with E-state index in [1.165, 1.54) is 0 Å². The largest absolute Gasteiger partial charge is 2.00 e. The van der Waals surface area contributed by atoms with Crippen molar-refractivity contribution in [3.8, 4) is 0 Å². The van der Waals surface area contributed by atoms with Gasteiger partial charge in [0.2, 0.25) is 0 Å². The van der Waals surface area contributed by atoms with Crippen LogP contribution in [0.25, 0.3) is 6.08 Å². The van der Waals surface area contributed by atoms with Crippen molar-refractivity contribution in [2.45, 2.75) is 0 Å². The van der Waals surface area contributed by atoms with E-state index < -0.39 is 0 Å². The zero-order valence-electron chi connectivity index (χ0n) is 5.46. The summed E-state index contributed by atoms with van der Waals surface area (Å²) < 4.78 is 0. The summed E-state index contributed by atoms with van der Waals surface area (Å²) in [5, 5.41) is 0. The van der Waals surface area contributed by atoms with Crippen molar-refractivity contribution in [1.82, 2.24) is 0 Å². The molecular weight excluding hydrogens is 218 g/mol. The van der Waals surface area contributed by atoms with Gasteiger partial charge in [-0.2, -0.15) is 12.1 Å². The Kier molecular flexibility index (Phi) is 6.18. The normalized spacial score (nSPS) is 9.30. The van der Waals surface area contributed by atoms with E-state index in [1.807, 2.05) is 30.3 Å². The maximum atomic E-state index is 3.04. The van der Waals surface area contributed by atoms with Crippen LogP contribution >= 0.6 is 9.24 Å². The van der Waals surface area contributed by atoms with Crippen LogP contribution in [-0.2, 0) is 26.2 Å². The Morgan fingerprint density at radius 3 is 2.80 bits per heavy atom. The Morgan fingerprint density at radius 2 is 2.30 bits per heavy atom. The molecule has 0 aromatic heterocycles. The van der Waals surface area contributed by atoms with Gasteiger partial charge >= 0.3 is 26.2 Å². The average Bonchev–Trinajstić information content (AvgIpc) is 1.91. The standard InChI is InChI=1S/C8H7P.Zr/c9-7-6-8-4-2-1-3-5-8;/h1-4,6H,9H2;/q-2;+2. The summed E-state index contributed by atoms with van der Waals surface area (Å²) in [5.41, 5.74) is 1.06. The molecule has 1 atom stereocenters. The Hall–Kier alpha value is 0.273. The second-order valence-electron chi connectivity index (χ2n) is 1.63. The molecule has 0 nitrogen and oxygen atoms in total. The van der Waals surface area contributed by atoms with Gasteiger partial charge in [0.15, 0.2) is 0 Å². The van der Waals surface area contributed by atoms with Gasteiger partial charge in [0.1, 0.15) is 0 Å². The van der Waals surface area contributed by atoms with Gasteiger partial charge in [-0.05, 0) is 0 Å². The molecule has 0 saturated carbocycles. The van der Waals surface area contributed by atoms with E-state index in [9.17, 15) is 0 Å². The molecule has 0 fully saturated rings. The van der Waals surface area contributed by atoms with Crippen LogP contribution in [0.3, 0.4) is 0 Å². The summed E-state index contributed by atoms with van der Waals surface area (Å²) in [7, 11) is 2.40.